The third-order valence-electron chi connectivity index (χ3n) is 6.66. The Morgan fingerprint density at radius 1 is 0.882 bits per heavy atom. The third-order valence-corrected chi connectivity index (χ3v) is 6.66. The number of aliphatic hydroxyl groups excluding tert-OH is 1. The number of benzene rings is 2. The minimum absolute atomic E-state index is 0.0122. The van der Waals surface area contributed by atoms with Gasteiger partial charge in [0.1, 0.15) is 11.8 Å². The molecule has 0 unspecified atom stereocenters. The number of aliphatic imine (C=N–C) groups is 1. The van der Waals surface area contributed by atoms with E-state index in [0.29, 0.717) is 22.5 Å². The number of rotatable bonds is 3. The highest BCUT2D eigenvalue weighted by Crippen LogP contribution is 2.48. The van der Waals surface area contributed by atoms with Gasteiger partial charge in [-0.1, -0.05) is 42.5 Å². The topological polar surface area (TPSA) is 99.9 Å². The van der Waals surface area contributed by atoms with E-state index < -0.39 is 35.5 Å². The molecule has 1 N–H and O–H groups in total. The van der Waals surface area contributed by atoms with Gasteiger partial charge in [0, 0.05) is 17.3 Å². The van der Waals surface area contributed by atoms with Crippen LogP contribution in [0.1, 0.15) is 33.2 Å². The van der Waals surface area contributed by atoms with Gasteiger partial charge in [0.15, 0.2) is 5.78 Å². The molecule has 0 saturated carbocycles. The van der Waals surface area contributed by atoms with Crippen LogP contribution in [0.5, 0.6) is 0 Å². The van der Waals surface area contributed by atoms with Crippen LogP contribution in [0.2, 0.25) is 0 Å². The summed E-state index contributed by atoms with van der Waals surface area (Å²) in [6, 6.07) is 18.4. The summed E-state index contributed by atoms with van der Waals surface area (Å²) in [5.41, 5.74) is 2.80. The number of aromatic nitrogens is 1. The number of anilines is 1. The molecular weight excluding hydrogens is 430 g/mol. The highest BCUT2D eigenvalue weighted by atomic mass is 16.3. The van der Waals surface area contributed by atoms with Gasteiger partial charge in [0.05, 0.1) is 34.5 Å². The number of pyridine rings is 1. The molecule has 2 amide bonds. The minimum atomic E-state index is -0.990. The maximum absolute atomic E-state index is 13.7. The van der Waals surface area contributed by atoms with Crippen molar-refractivity contribution in [2.45, 2.75) is 13.0 Å². The van der Waals surface area contributed by atoms with E-state index in [2.05, 4.69) is 4.98 Å². The van der Waals surface area contributed by atoms with Crippen molar-refractivity contribution in [1.82, 2.24) is 4.98 Å². The largest absolute Gasteiger partial charge is 0.506 e. The normalized spacial score (nSPS) is 23.4. The molecular formula is C27H19N3O4. The van der Waals surface area contributed by atoms with E-state index in [9.17, 15) is 19.5 Å². The summed E-state index contributed by atoms with van der Waals surface area (Å²) in [6.45, 7) is 1.89. The zero-order chi connectivity index (χ0) is 23.6. The highest BCUT2D eigenvalue weighted by Gasteiger charge is 2.59. The molecule has 0 bridgehead atoms. The number of imide groups is 1. The summed E-state index contributed by atoms with van der Waals surface area (Å²) < 4.78 is 0. The number of hydrogen-bond donors (Lipinski definition) is 1. The fraction of sp³-hybridized carbons (Fsp3) is 0.148. The zero-order valence-electron chi connectivity index (χ0n) is 18.2. The number of aliphatic hydroxyl groups is 1. The standard InChI is InChI=1S/C27H19N3O4/c1-14-7-6-8-15(13-14)30-26(33)19-20(27(30)34)23(29-22(19)18-11-4-5-12-28-18)21-24(31)16-9-2-3-10-17(16)25(21)32/h2-13,19-20,22,31H,1H3/t19-,20-,22-/m0/s1. The molecule has 1 saturated heterocycles. The Labute approximate surface area is 195 Å². The van der Waals surface area contributed by atoms with Crippen molar-refractivity contribution >= 4 is 34.8 Å². The van der Waals surface area contributed by atoms with E-state index in [0.717, 1.165) is 5.56 Å². The molecule has 7 heteroatoms. The number of hydrogen-bond acceptors (Lipinski definition) is 6. The first-order valence-corrected chi connectivity index (χ1v) is 11.0. The Morgan fingerprint density at radius 3 is 2.35 bits per heavy atom. The second-order valence-electron chi connectivity index (χ2n) is 8.67. The van der Waals surface area contributed by atoms with Crippen LogP contribution in [0.25, 0.3) is 5.76 Å². The molecule has 3 aliphatic rings. The van der Waals surface area contributed by atoms with Gasteiger partial charge >= 0.3 is 0 Å². The smallest absolute Gasteiger partial charge is 0.243 e. The Bertz CT molecular complexity index is 1460. The van der Waals surface area contributed by atoms with Gasteiger partial charge in [-0.05, 0) is 36.8 Å². The van der Waals surface area contributed by atoms with E-state index in [4.69, 9.17) is 4.99 Å². The lowest BCUT2D eigenvalue weighted by Gasteiger charge is -2.18. The van der Waals surface area contributed by atoms with Crippen LogP contribution in [0.15, 0.2) is 83.5 Å². The fourth-order valence-electron chi connectivity index (χ4n) is 5.15. The maximum atomic E-state index is 13.7. The second-order valence-corrected chi connectivity index (χ2v) is 8.67. The number of aryl methyl sites for hydroxylation is 1. The van der Waals surface area contributed by atoms with Crippen molar-refractivity contribution in [1.29, 1.82) is 0 Å². The molecule has 3 aromatic rings. The minimum Gasteiger partial charge on any atom is -0.506 e. The van der Waals surface area contributed by atoms with Crippen LogP contribution >= 0.6 is 0 Å². The highest BCUT2D eigenvalue weighted by molar-refractivity contribution is 6.42. The SMILES string of the molecule is Cc1cccc(N2C(=O)[C@@H]3C(C4=C(O)c5ccccc5C4=O)=N[C@@H](c4ccccn4)[C@H]3C2=O)c1. The molecule has 1 aliphatic carbocycles. The van der Waals surface area contributed by atoms with E-state index in [1.807, 2.05) is 13.0 Å². The quantitative estimate of drug-likeness (QED) is 0.612. The van der Waals surface area contributed by atoms with E-state index in [1.165, 1.54) is 4.90 Å². The van der Waals surface area contributed by atoms with Gasteiger partial charge in [-0.15, -0.1) is 0 Å². The summed E-state index contributed by atoms with van der Waals surface area (Å²) >= 11 is 0. The van der Waals surface area contributed by atoms with Crippen LogP contribution < -0.4 is 4.90 Å². The Kier molecular flexibility index (Phi) is 4.35. The first kappa shape index (κ1) is 20.2. The van der Waals surface area contributed by atoms with Crippen molar-refractivity contribution < 1.29 is 19.5 Å². The molecule has 2 aliphatic heterocycles. The van der Waals surface area contributed by atoms with E-state index >= 15 is 0 Å². The Balaban J connectivity index is 1.52. The number of allylic oxidation sites excluding steroid dienone is 1. The first-order chi connectivity index (χ1) is 16.5. The van der Waals surface area contributed by atoms with Crippen molar-refractivity contribution in [3.05, 3.63) is 101 Å². The number of fused-ring (bicyclic) bond motifs is 2. The van der Waals surface area contributed by atoms with Gasteiger partial charge in [-0.25, -0.2) is 4.90 Å². The lowest BCUT2D eigenvalue weighted by Crippen LogP contribution is -2.33. The molecule has 1 fully saturated rings. The molecule has 166 valence electrons. The third kappa shape index (κ3) is 2.73. The second kappa shape index (κ2) is 7.31. The summed E-state index contributed by atoms with van der Waals surface area (Å²) in [4.78, 5) is 50.9. The Morgan fingerprint density at radius 2 is 1.65 bits per heavy atom. The van der Waals surface area contributed by atoms with Crippen LogP contribution in [-0.2, 0) is 9.59 Å². The number of carbonyl (C=O) groups is 3. The average molecular weight is 449 g/mol. The molecule has 34 heavy (non-hydrogen) atoms. The first-order valence-electron chi connectivity index (χ1n) is 11.0. The Hall–Kier alpha value is -4.39. The van der Waals surface area contributed by atoms with Crippen LogP contribution in [-0.4, -0.2) is 33.4 Å². The maximum Gasteiger partial charge on any atom is 0.243 e. The monoisotopic (exact) mass is 449 g/mol. The summed E-state index contributed by atoms with van der Waals surface area (Å²) in [5.74, 6) is -3.31. The van der Waals surface area contributed by atoms with Crippen LogP contribution in [0.3, 0.4) is 0 Å². The van der Waals surface area contributed by atoms with Crippen molar-refractivity contribution in [3.63, 3.8) is 0 Å². The molecule has 2 aromatic carbocycles. The fourth-order valence-corrected chi connectivity index (χ4v) is 5.15. The van der Waals surface area contributed by atoms with Crippen LogP contribution in [0.4, 0.5) is 5.69 Å². The van der Waals surface area contributed by atoms with E-state index in [-0.39, 0.29) is 17.0 Å². The molecule has 3 atom stereocenters. The number of carbonyl (C=O) groups excluding carboxylic acids is 3. The zero-order valence-corrected chi connectivity index (χ0v) is 18.2. The number of nitrogens with zero attached hydrogens (tertiary/aromatic N) is 3. The summed E-state index contributed by atoms with van der Waals surface area (Å²) in [6.07, 6.45) is 1.60. The predicted molar refractivity (Wildman–Crippen MR) is 125 cm³/mol. The number of Topliss-reactive ketones (excluding diaryl/α,β-unsaturated/α-hetero) is 1. The predicted octanol–water partition coefficient (Wildman–Crippen LogP) is 3.86. The molecule has 7 nitrogen and oxygen atoms in total. The van der Waals surface area contributed by atoms with Gasteiger partial charge in [-0.3, -0.25) is 24.4 Å². The summed E-state index contributed by atoms with van der Waals surface area (Å²) in [5, 5.41) is 11.0. The molecule has 3 heterocycles. The van der Waals surface area contributed by atoms with E-state index in [1.54, 1.807) is 66.9 Å². The van der Waals surface area contributed by atoms with Gasteiger partial charge in [0.25, 0.3) is 0 Å². The lowest BCUT2D eigenvalue weighted by atomic mass is 9.84. The van der Waals surface area contributed by atoms with Gasteiger partial charge in [0.2, 0.25) is 11.8 Å². The van der Waals surface area contributed by atoms with Gasteiger partial charge in [-0.2, -0.15) is 0 Å². The van der Waals surface area contributed by atoms with Crippen molar-refractivity contribution in [3.8, 4) is 0 Å². The number of amides is 2. The molecule has 6 rings (SSSR count). The average Bonchev–Trinajstić information content (AvgIpc) is 3.44. The van der Waals surface area contributed by atoms with Crippen molar-refractivity contribution in [2.24, 2.45) is 16.8 Å². The molecule has 1 aromatic heterocycles. The number of ketones is 1. The molecule has 0 spiro atoms. The van der Waals surface area contributed by atoms with Gasteiger partial charge < -0.3 is 5.11 Å². The summed E-state index contributed by atoms with van der Waals surface area (Å²) in [7, 11) is 0. The van der Waals surface area contributed by atoms with Crippen LogP contribution in [0, 0.1) is 18.8 Å². The van der Waals surface area contributed by atoms with Crippen molar-refractivity contribution in [2.75, 3.05) is 4.90 Å². The lowest BCUT2D eigenvalue weighted by molar-refractivity contribution is -0.122. The molecule has 0 radical (unpaired) electrons.